The Hall–Kier alpha value is -3.23. The predicted molar refractivity (Wildman–Crippen MR) is 131 cm³/mol. The van der Waals surface area contributed by atoms with E-state index in [9.17, 15) is 13.2 Å². The number of carbonyl (C=O) groups is 1. The Balaban J connectivity index is 1.50. The van der Waals surface area contributed by atoms with Gasteiger partial charge in [0.1, 0.15) is 0 Å². The van der Waals surface area contributed by atoms with Crippen LogP contribution >= 0.6 is 0 Å². The second-order valence-electron chi connectivity index (χ2n) is 7.98. The van der Waals surface area contributed by atoms with Crippen LogP contribution in [0.2, 0.25) is 0 Å². The van der Waals surface area contributed by atoms with Gasteiger partial charge in [0.15, 0.2) is 0 Å². The molecule has 8 heteroatoms. The van der Waals surface area contributed by atoms with Crippen molar-refractivity contribution in [2.24, 2.45) is 0 Å². The highest BCUT2D eigenvalue weighted by Gasteiger charge is 2.12. The summed E-state index contributed by atoms with van der Waals surface area (Å²) in [4.78, 5) is 12.2. The third-order valence-corrected chi connectivity index (χ3v) is 6.63. The molecule has 0 aliphatic heterocycles. The molecule has 0 fully saturated rings. The molecule has 1 aromatic heterocycles. The van der Waals surface area contributed by atoms with E-state index in [0.717, 1.165) is 28.1 Å². The molecule has 3 aromatic rings. The molecule has 0 spiro atoms. The minimum Gasteiger partial charge on any atom is -0.351 e. The zero-order valence-corrected chi connectivity index (χ0v) is 20.0. The molecule has 0 bridgehead atoms. The van der Waals surface area contributed by atoms with Crippen LogP contribution in [-0.2, 0) is 27.9 Å². The largest absolute Gasteiger partial charge is 0.351 e. The molecule has 0 atom stereocenters. The van der Waals surface area contributed by atoms with E-state index in [1.54, 1.807) is 6.08 Å². The summed E-state index contributed by atoms with van der Waals surface area (Å²) in [6.07, 6.45) is 3.14. The van der Waals surface area contributed by atoms with Crippen molar-refractivity contribution in [3.8, 4) is 0 Å². The van der Waals surface area contributed by atoms with E-state index in [1.807, 2.05) is 48.9 Å². The number of nitrogens with one attached hydrogen (secondary N) is 2. The number of rotatable bonds is 10. The summed E-state index contributed by atoms with van der Waals surface area (Å²) in [5, 5.41) is 7.22. The molecule has 0 aliphatic carbocycles. The van der Waals surface area contributed by atoms with Crippen LogP contribution in [0, 0.1) is 20.8 Å². The number of hydrogen-bond acceptors (Lipinski definition) is 4. The van der Waals surface area contributed by atoms with Gasteiger partial charge < -0.3 is 5.32 Å². The highest BCUT2D eigenvalue weighted by molar-refractivity contribution is 7.89. The van der Waals surface area contributed by atoms with Gasteiger partial charge in [-0.25, -0.2) is 13.1 Å². The molecule has 0 saturated heterocycles. The third-order valence-electron chi connectivity index (χ3n) is 5.30. The lowest BCUT2D eigenvalue weighted by Crippen LogP contribution is -2.33. The second-order valence-corrected chi connectivity index (χ2v) is 9.90. The van der Waals surface area contributed by atoms with E-state index >= 15 is 0 Å². The van der Waals surface area contributed by atoms with Gasteiger partial charge in [0, 0.05) is 30.4 Å². The molecule has 2 aromatic carbocycles. The molecule has 2 N–H and O–H groups in total. The number of carbonyl (C=O) groups excluding carboxylic acids is 1. The molecule has 0 aliphatic rings. The van der Waals surface area contributed by atoms with Gasteiger partial charge in [-0.3, -0.25) is 9.48 Å². The lowest BCUT2D eigenvalue weighted by Gasteiger charge is -2.07. The fourth-order valence-electron chi connectivity index (χ4n) is 3.36. The lowest BCUT2D eigenvalue weighted by atomic mass is 10.1. The molecular weight excluding hydrogens is 436 g/mol. The molecule has 33 heavy (non-hydrogen) atoms. The Morgan fingerprint density at radius 2 is 1.70 bits per heavy atom. The summed E-state index contributed by atoms with van der Waals surface area (Å²) in [7, 11) is -3.49. The minimum atomic E-state index is -3.49. The first kappa shape index (κ1) is 24.4. The molecule has 7 nitrogen and oxygen atoms in total. The summed E-state index contributed by atoms with van der Waals surface area (Å²) in [5.74, 6) is -0.537. The van der Waals surface area contributed by atoms with Gasteiger partial charge in [0.05, 0.1) is 18.0 Å². The van der Waals surface area contributed by atoms with Crippen molar-refractivity contribution in [3.05, 3.63) is 94.3 Å². The number of nitrogens with zero attached hydrogens (tertiary/aromatic N) is 2. The van der Waals surface area contributed by atoms with E-state index in [1.165, 1.54) is 11.6 Å². The zero-order valence-electron chi connectivity index (χ0n) is 19.2. The number of amides is 1. The number of sulfonamides is 1. The predicted octanol–water partition coefficient (Wildman–Crippen LogP) is 3.11. The van der Waals surface area contributed by atoms with Gasteiger partial charge in [0.2, 0.25) is 15.9 Å². The van der Waals surface area contributed by atoms with Gasteiger partial charge in [0.25, 0.3) is 0 Å². The topological polar surface area (TPSA) is 93.1 Å². The SMILES string of the molecule is Cc1ccc(Cn2nc(C)c(/C=C/C(=O)NCCS(=O)(=O)NCc3ccccc3)c2C)cc1. The number of benzene rings is 2. The van der Waals surface area contributed by atoms with Crippen LogP contribution in [0.15, 0.2) is 60.7 Å². The first-order chi connectivity index (χ1) is 15.7. The highest BCUT2D eigenvalue weighted by Crippen LogP contribution is 2.16. The van der Waals surface area contributed by atoms with Gasteiger partial charge in [-0.05, 0) is 38.0 Å². The average Bonchev–Trinajstić information content (AvgIpc) is 3.05. The molecule has 0 unspecified atom stereocenters. The van der Waals surface area contributed by atoms with Crippen LogP contribution in [0.1, 0.15) is 33.6 Å². The fourth-order valence-corrected chi connectivity index (χ4v) is 4.26. The van der Waals surface area contributed by atoms with Crippen molar-refractivity contribution < 1.29 is 13.2 Å². The van der Waals surface area contributed by atoms with Crippen LogP contribution < -0.4 is 10.0 Å². The molecule has 1 heterocycles. The number of aryl methyl sites for hydroxylation is 2. The Labute approximate surface area is 195 Å². The number of hydrogen-bond donors (Lipinski definition) is 2. The van der Waals surface area contributed by atoms with Crippen LogP contribution in [0.3, 0.4) is 0 Å². The zero-order chi connectivity index (χ0) is 23.8. The van der Waals surface area contributed by atoms with Crippen molar-refractivity contribution in [1.82, 2.24) is 19.8 Å². The van der Waals surface area contributed by atoms with Crippen LogP contribution in [0.25, 0.3) is 6.08 Å². The van der Waals surface area contributed by atoms with Gasteiger partial charge >= 0.3 is 0 Å². The third kappa shape index (κ3) is 7.40. The second kappa shape index (κ2) is 11.1. The van der Waals surface area contributed by atoms with Crippen molar-refractivity contribution >= 4 is 22.0 Å². The van der Waals surface area contributed by atoms with Crippen molar-refractivity contribution in [3.63, 3.8) is 0 Å². The Kier molecular flexibility index (Phi) is 8.19. The molecule has 1 amide bonds. The van der Waals surface area contributed by atoms with E-state index in [4.69, 9.17) is 0 Å². The number of aromatic nitrogens is 2. The summed E-state index contributed by atoms with van der Waals surface area (Å²) in [6.45, 7) is 6.83. The molecule has 3 rings (SSSR count). The van der Waals surface area contributed by atoms with E-state index < -0.39 is 10.0 Å². The average molecular weight is 467 g/mol. The first-order valence-electron chi connectivity index (χ1n) is 10.8. The summed E-state index contributed by atoms with van der Waals surface area (Å²) in [5.41, 5.74) is 5.92. The molecule has 0 radical (unpaired) electrons. The molecule has 0 saturated carbocycles. The van der Waals surface area contributed by atoms with Crippen molar-refractivity contribution in [2.45, 2.75) is 33.9 Å². The van der Waals surface area contributed by atoms with Gasteiger partial charge in [-0.2, -0.15) is 5.10 Å². The molecule has 174 valence electrons. The first-order valence-corrected chi connectivity index (χ1v) is 12.5. The standard InChI is InChI=1S/C25H30N4O3S/c1-19-9-11-23(12-10-19)18-29-21(3)24(20(2)28-29)13-14-25(30)26-15-16-33(31,32)27-17-22-7-5-4-6-8-22/h4-14,27H,15-18H2,1-3H3,(H,26,30)/b14-13+. The van der Waals surface area contributed by atoms with E-state index in [-0.39, 0.29) is 24.7 Å². The summed E-state index contributed by atoms with van der Waals surface area (Å²) < 4.78 is 28.7. The summed E-state index contributed by atoms with van der Waals surface area (Å²) in [6, 6.07) is 17.6. The maximum absolute atomic E-state index is 12.2. The normalized spacial score (nSPS) is 11.7. The van der Waals surface area contributed by atoms with Crippen LogP contribution in [-0.4, -0.2) is 36.4 Å². The maximum atomic E-state index is 12.2. The van der Waals surface area contributed by atoms with Crippen LogP contribution in [0.4, 0.5) is 0 Å². The smallest absolute Gasteiger partial charge is 0.244 e. The van der Waals surface area contributed by atoms with Gasteiger partial charge in [-0.15, -0.1) is 0 Å². The minimum absolute atomic E-state index is 0.0257. The van der Waals surface area contributed by atoms with Crippen molar-refractivity contribution in [1.29, 1.82) is 0 Å². The quantitative estimate of drug-likeness (QED) is 0.449. The highest BCUT2D eigenvalue weighted by atomic mass is 32.2. The summed E-state index contributed by atoms with van der Waals surface area (Å²) >= 11 is 0. The lowest BCUT2D eigenvalue weighted by molar-refractivity contribution is -0.116. The van der Waals surface area contributed by atoms with E-state index in [0.29, 0.717) is 6.54 Å². The fraction of sp³-hybridized carbons (Fsp3) is 0.280. The maximum Gasteiger partial charge on any atom is 0.244 e. The monoisotopic (exact) mass is 466 g/mol. The van der Waals surface area contributed by atoms with Gasteiger partial charge in [-0.1, -0.05) is 60.2 Å². The Morgan fingerprint density at radius 3 is 2.39 bits per heavy atom. The van der Waals surface area contributed by atoms with E-state index in [2.05, 4.69) is 46.3 Å². The van der Waals surface area contributed by atoms with Crippen LogP contribution in [0.5, 0.6) is 0 Å². The Bertz CT molecular complexity index is 1210. The Morgan fingerprint density at radius 1 is 1.00 bits per heavy atom. The van der Waals surface area contributed by atoms with Crippen molar-refractivity contribution in [2.75, 3.05) is 12.3 Å². The molecular formula is C25H30N4O3S.